The van der Waals surface area contributed by atoms with Crippen molar-refractivity contribution >= 4 is 11.0 Å². The van der Waals surface area contributed by atoms with Crippen LogP contribution in [-0.4, -0.2) is 29.2 Å². The Hall–Kier alpha value is -1.39. The summed E-state index contributed by atoms with van der Waals surface area (Å²) in [6.07, 6.45) is 0. The second-order valence-corrected chi connectivity index (χ2v) is 4.14. The van der Waals surface area contributed by atoms with Crippen LogP contribution < -0.4 is 5.32 Å². The molecule has 0 radical (unpaired) electrons. The zero-order valence-corrected chi connectivity index (χ0v) is 10.4. The minimum atomic E-state index is 0.336. The van der Waals surface area contributed by atoms with Crippen LogP contribution in [0.1, 0.15) is 19.7 Å². The molecule has 2 aromatic rings. The molecule has 1 aromatic heterocycles. The van der Waals surface area contributed by atoms with Gasteiger partial charge in [0.2, 0.25) is 0 Å². The van der Waals surface area contributed by atoms with E-state index in [9.17, 15) is 0 Å². The SMILES string of the molecule is CCOCC(C)NCc1nc2ccccc2[nH]1. The van der Waals surface area contributed by atoms with Gasteiger partial charge in [0.1, 0.15) is 5.82 Å². The number of rotatable bonds is 6. The van der Waals surface area contributed by atoms with Gasteiger partial charge in [0.25, 0.3) is 0 Å². The number of nitrogens with one attached hydrogen (secondary N) is 2. The third-order valence-corrected chi connectivity index (χ3v) is 2.63. The van der Waals surface area contributed by atoms with E-state index in [1.807, 2.05) is 31.2 Å². The van der Waals surface area contributed by atoms with E-state index >= 15 is 0 Å². The van der Waals surface area contributed by atoms with E-state index in [0.717, 1.165) is 36.6 Å². The van der Waals surface area contributed by atoms with Crippen LogP contribution in [0.4, 0.5) is 0 Å². The van der Waals surface area contributed by atoms with Gasteiger partial charge in [-0.2, -0.15) is 0 Å². The molecule has 4 nitrogen and oxygen atoms in total. The maximum atomic E-state index is 5.35. The fourth-order valence-electron chi connectivity index (χ4n) is 1.71. The second-order valence-electron chi connectivity index (χ2n) is 4.14. The van der Waals surface area contributed by atoms with Gasteiger partial charge in [0, 0.05) is 12.6 Å². The first-order chi connectivity index (χ1) is 8.29. The largest absolute Gasteiger partial charge is 0.380 e. The zero-order chi connectivity index (χ0) is 12.1. The molecule has 0 saturated carbocycles. The monoisotopic (exact) mass is 233 g/mol. The zero-order valence-electron chi connectivity index (χ0n) is 10.4. The van der Waals surface area contributed by atoms with E-state index in [0.29, 0.717) is 6.04 Å². The summed E-state index contributed by atoms with van der Waals surface area (Å²) < 4.78 is 5.35. The van der Waals surface area contributed by atoms with Crippen LogP contribution in [0.15, 0.2) is 24.3 Å². The summed E-state index contributed by atoms with van der Waals surface area (Å²) >= 11 is 0. The van der Waals surface area contributed by atoms with Crippen LogP contribution in [0.2, 0.25) is 0 Å². The molecule has 1 aromatic carbocycles. The van der Waals surface area contributed by atoms with Crippen molar-refractivity contribution in [3.8, 4) is 0 Å². The molecular weight excluding hydrogens is 214 g/mol. The molecule has 0 aliphatic carbocycles. The molecule has 0 bridgehead atoms. The number of nitrogens with zero attached hydrogens (tertiary/aromatic N) is 1. The fraction of sp³-hybridized carbons (Fsp3) is 0.462. The van der Waals surface area contributed by atoms with Gasteiger partial charge in [0.15, 0.2) is 0 Å². The summed E-state index contributed by atoms with van der Waals surface area (Å²) in [6, 6.07) is 8.39. The first-order valence-corrected chi connectivity index (χ1v) is 6.04. The standard InChI is InChI=1S/C13H19N3O/c1-3-17-9-10(2)14-8-13-15-11-6-4-5-7-12(11)16-13/h4-7,10,14H,3,8-9H2,1-2H3,(H,15,16). The van der Waals surface area contributed by atoms with Crippen LogP contribution in [-0.2, 0) is 11.3 Å². The average molecular weight is 233 g/mol. The third kappa shape index (κ3) is 3.28. The summed E-state index contributed by atoms with van der Waals surface area (Å²) in [5, 5.41) is 3.38. The van der Waals surface area contributed by atoms with Crippen molar-refractivity contribution in [2.24, 2.45) is 0 Å². The highest BCUT2D eigenvalue weighted by Gasteiger charge is 2.04. The van der Waals surface area contributed by atoms with Gasteiger partial charge in [0.05, 0.1) is 24.2 Å². The molecule has 0 aliphatic heterocycles. The molecule has 0 aliphatic rings. The molecule has 4 heteroatoms. The lowest BCUT2D eigenvalue weighted by atomic mass is 10.3. The topological polar surface area (TPSA) is 49.9 Å². The average Bonchev–Trinajstić information content (AvgIpc) is 2.76. The number of H-pyrrole nitrogens is 1. The first-order valence-electron chi connectivity index (χ1n) is 6.04. The summed E-state index contributed by atoms with van der Waals surface area (Å²) in [6.45, 7) is 6.35. The van der Waals surface area contributed by atoms with E-state index in [-0.39, 0.29) is 0 Å². The third-order valence-electron chi connectivity index (χ3n) is 2.63. The van der Waals surface area contributed by atoms with Crippen LogP contribution >= 0.6 is 0 Å². The van der Waals surface area contributed by atoms with Crippen molar-refractivity contribution in [2.45, 2.75) is 26.4 Å². The van der Waals surface area contributed by atoms with Gasteiger partial charge in [-0.25, -0.2) is 4.98 Å². The Morgan fingerprint density at radius 2 is 2.24 bits per heavy atom. The molecule has 0 amide bonds. The minimum Gasteiger partial charge on any atom is -0.380 e. The summed E-state index contributed by atoms with van der Waals surface area (Å²) in [5.74, 6) is 0.967. The van der Waals surface area contributed by atoms with Crippen molar-refractivity contribution in [3.05, 3.63) is 30.1 Å². The van der Waals surface area contributed by atoms with E-state index in [2.05, 4.69) is 22.2 Å². The smallest absolute Gasteiger partial charge is 0.121 e. The molecule has 1 heterocycles. The Bertz CT molecular complexity index is 433. The summed E-state index contributed by atoms with van der Waals surface area (Å²) in [5.41, 5.74) is 2.10. The maximum Gasteiger partial charge on any atom is 0.121 e. The van der Waals surface area contributed by atoms with E-state index in [1.165, 1.54) is 0 Å². The predicted octanol–water partition coefficient (Wildman–Crippen LogP) is 2.08. The maximum absolute atomic E-state index is 5.35. The fourth-order valence-corrected chi connectivity index (χ4v) is 1.71. The minimum absolute atomic E-state index is 0.336. The van der Waals surface area contributed by atoms with Gasteiger partial charge in [-0.3, -0.25) is 0 Å². The molecule has 1 atom stereocenters. The van der Waals surface area contributed by atoms with Crippen molar-refractivity contribution < 1.29 is 4.74 Å². The first kappa shape index (κ1) is 12.1. The molecule has 0 saturated heterocycles. The lowest BCUT2D eigenvalue weighted by Gasteiger charge is -2.11. The van der Waals surface area contributed by atoms with Crippen molar-refractivity contribution in [3.63, 3.8) is 0 Å². The van der Waals surface area contributed by atoms with Crippen molar-refractivity contribution in [1.29, 1.82) is 0 Å². The van der Waals surface area contributed by atoms with E-state index < -0.39 is 0 Å². The molecule has 0 spiro atoms. The Balaban J connectivity index is 1.90. The number of aromatic nitrogens is 2. The van der Waals surface area contributed by atoms with Gasteiger partial charge in [-0.1, -0.05) is 12.1 Å². The lowest BCUT2D eigenvalue weighted by Crippen LogP contribution is -2.30. The van der Waals surface area contributed by atoms with Crippen molar-refractivity contribution in [2.75, 3.05) is 13.2 Å². The van der Waals surface area contributed by atoms with Gasteiger partial charge in [-0.05, 0) is 26.0 Å². The van der Waals surface area contributed by atoms with Crippen LogP contribution in [0.25, 0.3) is 11.0 Å². The van der Waals surface area contributed by atoms with Gasteiger partial charge < -0.3 is 15.0 Å². The highest BCUT2D eigenvalue weighted by atomic mass is 16.5. The predicted molar refractivity (Wildman–Crippen MR) is 68.9 cm³/mol. The second kappa shape index (κ2) is 5.80. The summed E-state index contributed by atoms with van der Waals surface area (Å²) in [4.78, 5) is 7.80. The number of fused-ring (bicyclic) bond motifs is 1. The molecule has 0 fully saturated rings. The van der Waals surface area contributed by atoms with Crippen molar-refractivity contribution in [1.82, 2.24) is 15.3 Å². The Morgan fingerprint density at radius 3 is 3.00 bits per heavy atom. The van der Waals surface area contributed by atoms with Crippen LogP contribution in [0, 0.1) is 0 Å². The Morgan fingerprint density at radius 1 is 1.41 bits per heavy atom. The van der Waals surface area contributed by atoms with Gasteiger partial charge >= 0.3 is 0 Å². The number of benzene rings is 1. The number of para-hydroxylation sites is 2. The molecule has 2 rings (SSSR count). The van der Waals surface area contributed by atoms with Crippen LogP contribution in [0.5, 0.6) is 0 Å². The van der Waals surface area contributed by atoms with E-state index in [1.54, 1.807) is 0 Å². The molecule has 1 unspecified atom stereocenters. The number of aromatic amines is 1. The number of hydrogen-bond acceptors (Lipinski definition) is 3. The molecule has 2 N–H and O–H groups in total. The highest BCUT2D eigenvalue weighted by Crippen LogP contribution is 2.09. The van der Waals surface area contributed by atoms with Gasteiger partial charge in [-0.15, -0.1) is 0 Å². The quantitative estimate of drug-likeness (QED) is 0.803. The number of hydrogen-bond donors (Lipinski definition) is 2. The molecule has 17 heavy (non-hydrogen) atoms. The normalized spacial score (nSPS) is 13.1. The lowest BCUT2D eigenvalue weighted by molar-refractivity contribution is 0.127. The number of ether oxygens (including phenoxy) is 1. The Kier molecular flexibility index (Phi) is 4.12. The summed E-state index contributed by atoms with van der Waals surface area (Å²) in [7, 11) is 0. The molecule has 92 valence electrons. The molecular formula is C13H19N3O. The Labute approximate surface area is 101 Å². The highest BCUT2D eigenvalue weighted by molar-refractivity contribution is 5.74. The number of imidazole rings is 1. The van der Waals surface area contributed by atoms with Crippen LogP contribution in [0.3, 0.4) is 0 Å². The van der Waals surface area contributed by atoms with E-state index in [4.69, 9.17) is 4.74 Å².